The molecule has 0 saturated heterocycles. The van der Waals surface area contributed by atoms with E-state index in [2.05, 4.69) is 10.4 Å². The fourth-order valence-electron chi connectivity index (χ4n) is 3.64. The van der Waals surface area contributed by atoms with Gasteiger partial charge in [-0.2, -0.15) is 5.10 Å². The molecule has 1 aliphatic carbocycles. The fraction of sp³-hybridized carbons (Fsp3) is 0.476. The predicted octanol–water partition coefficient (Wildman–Crippen LogP) is 2.80. The van der Waals surface area contributed by atoms with E-state index in [4.69, 9.17) is 11.6 Å². The Hall–Kier alpha value is -2.23. The van der Waals surface area contributed by atoms with Crippen molar-refractivity contribution in [3.05, 3.63) is 41.0 Å². The molecule has 168 valence electrons. The number of carbonyl (C=O) groups is 2. The third kappa shape index (κ3) is 6.15. The minimum absolute atomic E-state index is 0.00116. The van der Waals surface area contributed by atoms with Crippen molar-refractivity contribution in [1.82, 2.24) is 9.78 Å². The molecule has 0 aliphatic heterocycles. The molecule has 1 aliphatic rings. The van der Waals surface area contributed by atoms with Crippen molar-refractivity contribution < 1.29 is 23.1 Å². The molecule has 1 aromatic heterocycles. The lowest BCUT2D eigenvalue weighted by atomic mass is 9.76. The van der Waals surface area contributed by atoms with Crippen LogP contribution in [0.25, 0.3) is 0 Å². The van der Waals surface area contributed by atoms with Gasteiger partial charge in [-0.15, -0.1) is 0 Å². The van der Waals surface area contributed by atoms with Crippen molar-refractivity contribution in [1.29, 1.82) is 0 Å². The first kappa shape index (κ1) is 23.4. The molecule has 3 rings (SSSR count). The number of ketones is 1. The Bertz CT molecular complexity index is 1100. The standard InChI is InChI=1S/C21H26ClN3O5S/c1-21(2,28)12-25-7-6-19(24-25)23-20(27)16(10-13-8-15(26)9-13)14-4-5-18(17(22)11-14)31(3,29)30/h4-7,11,13,16,28H,8-10,12H2,1-3H3,(H,23,24,27). The third-order valence-corrected chi connectivity index (χ3v) is 6.70. The topological polar surface area (TPSA) is 118 Å². The zero-order valence-corrected chi connectivity index (χ0v) is 19.2. The Balaban J connectivity index is 1.83. The molecule has 8 nitrogen and oxygen atoms in total. The highest BCUT2D eigenvalue weighted by molar-refractivity contribution is 7.90. The van der Waals surface area contributed by atoms with Gasteiger partial charge in [-0.3, -0.25) is 14.3 Å². The largest absolute Gasteiger partial charge is 0.389 e. The van der Waals surface area contributed by atoms with E-state index in [1.807, 2.05) is 0 Å². The number of Topliss-reactive ketones (excluding diaryl/α,β-unsaturated/α-hetero) is 1. The average molecular weight is 468 g/mol. The number of rotatable bonds is 8. The van der Waals surface area contributed by atoms with Crippen molar-refractivity contribution in [3.63, 3.8) is 0 Å². The average Bonchev–Trinajstić information content (AvgIpc) is 3.01. The first-order valence-corrected chi connectivity index (χ1v) is 12.2. The van der Waals surface area contributed by atoms with E-state index in [1.54, 1.807) is 32.2 Å². The van der Waals surface area contributed by atoms with Gasteiger partial charge in [0.25, 0.3) is 0 Å². The maximum atomic E-state index is 13.1. The summed E-state index contributed by atoms with van der Waals surface area (Å²) < 4.78 is 25.2. The molecule has 1 fully saturated rings. The number of halogens is 1. The Kier molecular flexibility index (Phi) is 6.59. The van der Waals surface area contributed by atoms with Gasteiger partial charge in [-0.05, 0) is 43.9 Å². The number of sulfone groups is 1. The zero-order valence-electron chi connectivity index (χ0n) is 17.6. The molecule has 2 N–H and O–H groups in total. The predicted molar refractivity (Wildman–Crippen MR) is 117 cm³/mol. The van der Waals surface area contributed by atoms with Crippen LogP contribution >= 0.6 is 11.6 Å². The van der Waals surface area contributed by atoms with Crippen molar-refractivity contribution in [3.8, 4) is 0 Å². The molecule has 1 amide bonds. The van der Waals surface area contributed by atoms with Crippen LogP contribution in [0.4, 0.5) is 5.82 Å². The van der Waals surface area contributed by atoms with E-state index in [0.717, 1.165) is 6.26 Å². The molecule has 1 aromatic carbocycles. The first-order chi connectivity index (χ1) is 14.3. The van der Waals surface area contributed by atoms with E-state index >= 15 is 0 Å². The Labute approximate surface area is 186 Å². The van der Waals surface area contributed by atoms with Gasteiger partial charge in [-0.1, -0.05) is 17.7 Å². The van der Waals surface area contributed by atoms with Gasteiger partial charge < -0.3 is 10.4 Å². The maximum Gasteiger partial charge on any atom is 0.233 e. The molecule has 1 heterocycles. The van der Waals surface area contributed by atoms with Crippen LogP contribution < -0.4 is 5.32 Å². The second kappa shape index (κ2) is 8.72. The number of hydrogen-bond donors (Lipinski definition) is 2. The summed E-state index contributed by atoms with van der Waals surface area (Å²) in [6.07, 6.45) is 4.03. The third-order valence-electron chi connectivity index (χ3n) is 5.12. The number of carbonyl (C=O) groups excluding carboxylic acids is 2. The second-order valence-electron chi connectivity index (χ2n) is 8.76. The molecule has 1 unspecified atom stereocenters. The summed E-state index contributed by atoms with van der Waals surface area (Å²) in [5.41, 5.74) is -0.379. The van der Waals surface area contributed by atoms with Crippen LogP contribution in [0.15, 0.2) is 35.4 Å². The van der Waals surface area contributed by atoms with Crippen LogP contribution in [0, 0.1) is 5.92 Å². The quantitative estimate of drug-likeness (QED) is 0.616. The minimum Gasteiger partial charge on any atom is -0.389 e. The van der Waals surface area contributed by atoms with Crippen LogP contribution in [0.2, 0.25) is 5.02 Å². The van der Waals surface area contributed by atoms with Crippen molar-refractivity contribution in [2.24, 2.45) is 5.92 Å². The molecule has 0 spiro atoms. The highest BCUT2D eigenvalue weighted by Gasteiger charge is 2.33. The molecule has 1 saturated carbocycles. The highest BCUT2D eigenvalue weighted by Crippen LogP contribution is 2.36. The van der Waals surface area contributed by atoms with E-state index in [1.165, 1.54) is 16.8 Å². The second-order valence-corrected chi connectivity index (χ2v) is 11.2. The van der Waals surface area contributed by atoms with Crippen LogP contribution in [0.1, 0.15) is 44.6 Å². The molecule has 2 aromatic rings. The van der Waals surface area contributed by atoms with Gasteiger partial charge in [0, 0.05) is 31.4 Å². The summed E-state index contributed by atoms with van der Waals surface area (Å²) in [5, 5.41) is 17.0. The van der Waals surface area contributed by atoms with E-state index < -0.39 is 21.4 Å². The molecule has 31 heavy (non-hydrogen) atoms. The van der Waals surface area contributed by atoms with Gasteiger partial charge in [-0.25, -0.2) is 8.42 Å². The molecule has 10 heteroatoms. The number of nitrogens with zero attached hydrogens (tertiary/aromatic N) is 2. The Morgan fingerprint density at radius 1 is 1.35 bits per heavy atom. The summed E-state index contributed by atoms with van der Waals surface area (Å²) >= 11 is 6.19. The van der Waals surface area contributed by atoms with Crippen molar-refractivity contribution in [2.75, 3.05) is 11.6 Å². The van der Waals surface area contributed by atoms with Gasteiger partial charge in [0.05, 0.1) is 28.0 Å². The van der Waals surface area contributed by atoms with Gasteiger partial charge in [0.1, 0.15) is 5.78 Å². The van der Waals surface area contributed by atoms with Gasteiger partial charge >= 0.3 is 0 Å². The summed E-state index contributed by atoms with van der Waals surface area (Å²) in [6, 6.07) is 6.11. The number of anilines is 1. The molecular formula is C21H26ClN3O5S. The lowest BCUT2D eigenvalue weighted by Crippen LogP contribution is -2.30. The summed E-state index contributed by atoms with van der Waals surface area (Å²) in [6.45, 7) is 3.58. The zero-order chi connectivity index (χ0) is 23.0. The number of aliphatic hydroxyl groups is 1. The number of aromatic nitrogens is 2. The lowest BCUT2D eigenvalue weighted by molar-refractivity contribution is -0.128. The first-order valence-electron chi connectivity index (χ1n) is 9.90. The smallest absolute Gasteiger partial charge is 0.233 e. The van der Waals surface area contributed by atoms with Gasteiger partial charge in [0.15, 0.2) is 15.7 Å². The number of benzene rings is 1. The molecule has 0 bridgehead atoms. The Morgan fingerprint density at radius 2 is 2.03 bits per heavy atom. The number of nitrogens with one attached hydrogen (secondary N) is 1. The summed E-state index contributed by atoms with van der Waals surface area (Å²) in [4.78, 5) is 24.5. The fourth-order valence-corrected chi connectivity index (χ4v) is 4.98. The number of hydrogen-bond acceptors (Lipinski definition) is 6. The van der Waals surface area contributed by atoms with Crippen LogP contribution in [0.5, 0.6) is 0 Å². The van der Waals surface area contributed by atoms with Gasteiger partial charge in [0.2, 0.25) is 5.91 Å². The normalized spacial score (nSPS) is 16.1. The number of amides is 1. The monoisotopic (exact) mass is 467 g/mol. The van der Waals surface area contributed by atoms with Crippen LogP contribution in [-0.2, 0) is 26.0 Å². The van der Waals surface area contributed by atoms with Crippen LogP contribution in [-0.4, -0.2) is 46.9 Å². The lowest BCUT2D eigenvalue weighted by Gasteiger charge is -2.28. The minimum atomic E-state index is -3.49. The van der Waals surface area contributed by atoms with Crippen molar-refractivity contribution >= 4 is 38.9 Å². The van der Waals surface area contributed by atoms with Crippen LogP contribution in [0.3, 0.4) is 0 Å². The van der Waals surface area contributed by atoms with E-state index in [-0.39, 0.29) is 34.1 Å². The molecular weight excluding hydrogens is 442 g/mol. The SMILES string of the molecule is CC(C)(O)Cn1ccc(NC(=O)C(CC2CC(=O)C2)c2ccc(S(C)(=O)=O)c(Cl)c2)n1. The maximum absolute atomic E-state index is 13.1. The Morgan fingerprint density at radius 3 is 2.58 bits per heavy atom. The molecule has 0 radical (unpaired) electrons. The summed E-state index contributed by atoms with van der Waals surface area (Å²) in [5.74, 6) is -0.355. The van der Waals surface area contributed by atoms with E-state index in [0.29, 0.717) is 30.6 Å². The summed E-state index contributed by atoms with van der Waals surface area (Å²) in [7, 11) is -3.49. The van der Waals surface area contributed by atoms with Crippen molar-refractivity contribution in [2.45, 2.75) is 56.1 Å². The highest BCUT2D eigenvalue weighted by atomic mass is 35.5. The van der Waals surface area contributed by atoms with E-state index in [9.17, 15) is 23.1 Å². The molecule has 1 atom stereocenters.